The molecule has 126 valence electrons. The van der Waals surface area contributed by atoms with Crippen molar-refractivity contribution in [2.45, 2.75) is 18.8 Å². The number of carbonyl (C=O) groups excluding carboxylic acids is 1. The first-order valence-corrected chi connectivity index (χ1v) is 8.58. The third-order valence-corrected chi connectivity index (χ3v) is 4.34. The summed E-state index contributed by atoms with van der Waals surface area (Å²) in [5, 5.41) is 21.9. The van der Waals surface area contributed by atoms with Crippen molar-refractivity contribution < 1.29 is 14.8 Å². The van der Waals surface area contributed by atoms with Crippen molar-refractivity contribution in [3.05, 3.63) is 71.8 Å². The van der Waals surface area contributed by atoms with Crippen molar-refractivity contribution in [2.75, 3.05) is 5.75 Å². The molecule has 4 nitrogen and oxygen atoms in total. The lowest BCUT2D eigenvalue weighted by Gasteiger charge is -2.21. The van der Waals surface area contributed by atoms with Crippen LogP contribution in [0.5, 0.6) is 0 Å². The zero-order chi connectivity index (χ0) is 17.4. The Balaban J connectivity index is 2.00. The summed E-state index contributed by atoms with van der Waals surface area (Å²) >= 11 is 4.27. The Morgan fingerprint density at radius 3 is 1.92 bits per heavy atom. The lowest BCUT2D eigenvalue weighted by Crippen LogP contribution is -2.50. The Morgan fingerprint density at radius 1 is 0.958 bits per heavy atom. The van der Waals surface area contributed by atoms with Gasteiger partial charge >= 0.3 is 7.12 Å². The minimum absolute atomic E-state index is 0.220. The summed E-state index contributed by atoms with van der Waals surface area (Å²) in [7, 11) is -1.62. The van der Waals surface area contributed by atoms with Gasteiger partial charge in [-0.15, -0.1) is 0 Å². The highest BCUT2D eigenvalue weighted by Crippen LogP contribution is 2.12. The van der Waals surface area contributed by atoms with Crippen LogP contribution in [-0.4, -0.2) is 34.8 Å². The van der Waals surface area contributed by atoms with Crippen molar-refractivity contribution in [3.63, 3.8) is 0 Å². The average molecular weight is 343 g/mol. The molecule has 0 saturated heterocycles. The maximum absolute atomic E-state index is 12.5. The summed E-state index contributed by atoms with van der Waals surface area (Å²) in [4.78, 5) is 12.5. The van der Waals surface area contributed by atoms with E-state index in [0.29, 0.717) is 18.6 Å². The van der Waals surface area contributed by atoms with E-state index >= 15 is 0 Å². The highest BCUT2D eigenvalue weighted by molar-refractivity contribution is 7.80. The van der Waals surface area contributed by atoms with Gasteiger partial charge in [0.1, 0.15) is 0 Å². The summed E-state index contributed by atoms with van der Waals surface area (Å²) in [6.07, 6.45) is 0.921. The Morgan fingerprint density at radius 2 is 1.46 bits per heavy atom. The van der Waals surface area contributed by atoms with Crippen LogP contribution in [0, 0.1) is 5.92 Å². The monoisotopic (exact) mass is 343 g/mol. The van der Waals surface area contributed by atoms with Gasteiger partial charge in [-0.2, -0.15) is 12.6 Å². The van der Waals surface area contributed by atoms with E-state index in [2.05, 4.69) is 17.9 Å². The fraction of sp³-hybridized carbons (Fsp3) is 0.278. The maximum Gasteiger partial charge on any atom is 0.475 e. The van der Waals surface area contributed by atoms with E-state index < -0.39 is 13.1 Å². The summed E-state index contributed by atoms with van der Waals surface area (Å²) < 4.78 is 0. The van der Waals surface area contributed by atoms with Crippen molar-refractivity contribution in [1.82, 2.24) is 5.32 Å². The van der Waals surface area contributed by atoms with Gasteiger partial charge in [-0.1, -0.05) is 60.7 Å². The van der Waals surface area contributed by atoms with E-state index in [1.807, 2.05) is 60.7 Å². The molecular weight excluding hydrogens is 321 g/mol. The average Bonchev–Trinajstić information content (AvgIpc) is 2.60. The predicted octanol–water partition coefficient (Wildman–Crippen LogP) is 1.51. The van der Waals surface area contributed by atoms with Crippen LogP contribution < -0.4 is 5.32 Å². The molecule has 2 atom stereocenters. The quantitative estimate of drug-likeness (QED) is 0.434. The SMILES string of the molecule is O=C(N[C@@H](Cc1ccccc1)B(O)O)C(CS)Cc1ccccc1. The fourth-order valence-corrected chi connectivity index (χ4v) is 2.83. The molecule has 0 aliphatic heterocycles. The Bertz CT molecular complexity index is 625. The zero-order valence-electron chi connectivity index (χ0n) is 13.4. The second-order valence-corrected chi connectivity index (χ2v) is 6.15. The Labute approximate surface area is 148 Å². The molecule has 1 unspecified atom stereocenters. The van der Waals surface area contributed by atoms with Gasteiger partial charge in [0.25, 0.3) is 0 Å². The van der Waals surface area contributed by atoms with Crippen LogP contribution in [0.2, 0.25) is 0 Å². The van der Waals surface area contributed by atoms with Crippen LogP contribution in [-0.2, 0) is 17.6 Å². The summed E-state index contributed by atoms with van der Waals surface area (Å²) in [5.41, 5.74) is 1.98. The van der Waals surface area contributed by atoms with Crippen LogP contribution in [0.1, 0.15) is 11.1 Å². The van der Waals surface area contributed by atoms with Crippen LogP contribution in [0.4, 0.5) is 0 Å². The molecule has 0 fully saturated rings. The molecule has 24 heavy (non-hydrogen) atoms. The molecule has 3 N–H and O–H groups in total. The van der Waals surface area contributed by atoms with Gasteiger partial charge in [0.15, 0.2) is 0 Å². The molecule has 0 aliphatic carbocycles. The van der Waals surface area contributed by atoms with Crippen LogP contribution in [0.3, 0.4) is 0 Å². The van der Waals surface area contributed by atoms with E-state index in [1.165, 1.54) is 0 Å². The van der Waals surface area contributed by atoms with Gasteiger partial charge in [0.2, 0.25) is 5.91 Å². The summed E-state index contributed by atoms with van der Waals surface area (Å²) in [5.74, 6) is -0.908. The number of hydrogen-bond donors (Lipinski definition) is 4. The first-order chi connectivity index (χ1) is 11.6. The zero-order valence-corrected chi connectivity index (χ0v) is 14.3. The molecule has 0 heterocycles. The largest absolute Gasteiger partial charge is 0.475 e. The number of rotatable bonds is 8. The second kappa shape index (κ2) is 9.52. The second-order valence-electron chi connectivity index (χ2n) is 5.79. The molecule has 0 bridgehead atoms. The standard InChI is InChI=1S/C18H22BNO3S/c21-18(16(13-24)11-14-7-3-1-4-8-14)20-17(19(22)23)12-15-9-5-2-6-10-15/h1-10,16-17,22-24H,11-13H2,(H,20,21)/t16?,17-/m0/s1. The highest BCUT2D eigenvalue weighted by Gasteiger charge is 2.28. The van der Waals surface area contributed by atoms with Crippen LogP contribution in [0.25, 0.3) is 0 Å². The summed E-state index contributed by atoms with van der Waals surface area (Å²) in [6.45, 7) is 0. The van der Waals surface area contributed by atoms with Crippen molar-refractivity contribution >= 4 is 25.7 Å². The normalized spacial score (nSPS) is 13.1. The lowest BCUT2D eigenvalue weighted by molar-refractivity contribution is -0.124. The van der Waals surface area contributed by atoms with E-state index in [9.17, 15) is 14.8 Å². The van der Waals surface area contributed by atoms with Gasteiger partial charge in [0, 0.05) is 5.75 Å². The molecule has 0 radical (unpaired) electrons. The molecule has 0 saturated carbocycles. The number of hydrogen-bond acceptors (Lipinski definition) is 4. The minimum atomic E-state index is -1.62. The molecule has 0 aliphatic rings. The molecule has 0 spiro atoms. The van der Waals surface area contributed by atoms with E-state index in [0.717, 1.165) is 11.1 Å². The minimum Gasteiger partial charge on any atom is -0.426 e. The number of carbonyl (C=O) groups is 1. The molecule has 2 aromatic carbocycles. The predicted molar refractivity (Wildman–Crippen MR) is 99.8 cm³/mol. The fourth-order valence-electron chi connectivity index (χ4n) is 2.54. The van der Waals surface area contributed by atoms with Crippen molar-refractivity contribution in [2.24, 2.45) is 5.92 Å². The van der Waals surface area contributed by atoms with E-state index in [1.54, 1.807) is 0 Å². The number of amides is 1. The van der Waals surface area contributed by atoms with Gasteiger partial charge in [-0.05, 0) is 24.0 Å². The van der Waals surface area contributed by atoms with E-state index in [-0.39, 0.29) is 11.8 Å². The molecular formula is C18H22BNO3S. The van der Waals surface area contributed by atoms with E-state index in [4.69, 9.17) is 0 Å². The van der Waals surface area contributed by atoms with Gasteiger partial charge in [-0.25, -0.2) is 0 Å². The third-order valence-electron chi connectivity index (χ3n) is 3.90. The lowest BCUT2D eigenvalue weighted by atomic mass is 9.75. The molecule has 2 rings (SSSR count). The van der Waals surface area contributed by atoms with Gasteiger partial charge < -0.3 is 15.4 Å². The number of nitrogens with one attached hydrogen (secondary N) is 1. The van der Waals surface area contributed by atoms with Crippen molar-refractivity contribution in [1.29, 1.82) is 0 Å². The van der Waals surface area contributed by atoms with Gasteiger partial charge in [0.05, 0.1) is 11.9 Å². The number of benzene rings is 2. The maximum atomic E-state index is 12.5. The first-order valence-electron chi connectivity index (χ1n) is 7.95. The Kier molecular flexibility index (Phi) is 7.37. The topological polar surface area (TPSA) is 69.6 Å². The van der Waals surface area contributed by atoms with Gasteiger partial charge in [-0.3, -0.25) is 4.79 Å². The smallest absolute Gasteiger partial charge is 0.426 e. The third kappa shape index (κ3) is 5.71. The Hall–Kier alpha value is -1.76. The molecule has 1 amide bonds. The molecule has 0 aromatic heterocycles. The van der Waals surface area contributed by atoms with Crippen LogP contribution in [0.15, 0.2) is 60.7 Å². The molecule has 2 aromatic rings. The van der Waals surface area contributed by atoms with Crippen LogP contribution >= 0.6 is 12.6 Å². The summed E-state index contributed by atoms with van der Waals surface area (Å²) in [6, 6.07) is 19.1. The van der Waals surface area contributed by atoms with Crippen molar-refractivity contribution in [3.8, 4) is 0 Å². The number of thiol groups is 1. The first kappa shape index (κ1) is 18.6. The highest BCUT2D eigenvalue weighted by atomic mass is 32.1. The molecule has 6 heteroatoms.